The Kier molecular flexibility index (Phi) is 5.00. The fourth-order valence-corrected chi connectivity index (χ4v) is 2.16. The van der Waals surface area contributed by atoms with Crippen LogP contribution in [0.3, 0.4) is 0 Å². The Labute approximate surface area is 127 Å². The Morgan fingerprint density at radius 2 is 1.86 bits per heavy atom. The molecule has 6 nitrogen and oxygen atoms in total. The maximum atomic E-state index is 5.83. The zero-order chi connectivity index (χ0) is 15.5. The molecule has 0 bridgehead atoms. The van der Waals surface area contributed by atoms with E-state index in [1.54, 1.807) is 0 Å². The van der Waals surface area contributed by atoms with Gasteiger partial charge in [0, 0.05) is 39.3 Å². The number of ether oxygens (including phenoxy) is 1. The Morgan fingerprint density at radius 3 is 2.43 bits per heavy atom. The van der Waals surface area contributed by atoms with Gasteiger partial charge >= 0.3 is 0 Å². The van der Waals surface area contributed by atoms with Gasteiger partial charge in [0.05, 0.1) is 17.9 Å². The molecule has 1 saturated heterocycles. The topological polar surface area (TPSA) is 53.5 Å². The predicted molar refractivity (Wildman–Crippen MR) is 85.8 cm³/mol. The van der Waals surface area contributed by atoms with Crippen molar-refractivity contribution in [2.75, 3.05) is 50.5 Å². The van der Waals surface area contributed by atoms with Crippen molar-refractivity contribution in [2.24, 2.45) is 0 Å². The summed E-state index contributed by atoms with van der Waals surface area (Å²) in [5.74, 6) is 1.63. The summed E-state index contributed by atoms with van der Waals surface area (Å²) in [5.41, 5.74) is 0.747. The van der Waals surface area contributed by atoms with Crippen LogP contribution < -0.4 is 10.2 Å². The third-order valence-corrected chi connectivity index (χ3v) is 3.47. The van der Waals surface area contributed by atoms with Gasteiger partial charge < -0.3 is 19.9 Å². The van der Waals surface area contributed by atoms with Crippen LogP contribution in [0.4, 0.5) is 11.8 Å². The Balaban J connectivity index is 2.13. The third kappa shape index (κ3) is 4.82. The van der Waals surface area contributed by atoms with Crippen LogP contribution in [-0.4, -0.2) is 60.7 Å². The number of anilines is 2. The lowest BCUT2D eigenvalue weighted by molar-refractivity contribution is -0.0164. The van der Waals surface area contributed by atoms with Crippen molar-refractivity contribution >= 4 is 11.8 Å². The van der Waals surface area contributed by atoms with E-state index in [1.165, 1.54) is 0 Å². The Hall–Kier alpha value is -1.40. The number of hydrogen-bond donors (Lipinski definition) is 1. The maximum absolute atomic E-state index is 5.83. The van der Waals surface area contributed by atoms with Gasteiger partial charge in [-0.2, -0.15) is 4.98 Å². The van der Waals surface area contributed by atoms with Crippen LogP contribution in [0.15, 0.2) is 6.07 Å². The monoisotopic (exact) mass is 293 g/mol. The molecule has 2 heterocycles. The van der Waals surface area contributed by atoms with Gasteiger partial charge in [0.1, 0.15) is 5.82 Å². The minimum atomic E-state index is -0.168. The lowest BCUT2D eigenvalue weighted by Crippen LogP contribution is -2.44. The van der Waals surface area contributed by atoms with Gasteiger partial charge in [0.25, 0.3) is 0 Å². The van der Waals surface area contributed by atoms with Gasteiger partial charge in [-0.3, -0.25) is 0 Å². The molecule has 1 aromatic rings. The summed E-state index contributed by atoms with van der Waals surface area (Å²) < 4.78 is 5.83. The number of piperazine rings is 1. The first kappa shape index (κ1) is 16.0. The number of likely N-dealkylation sites (N-methyl/N-ethyl adjacent to an activating group) is 1. The molecule has 1 aliphatic heterocycles. The average Bonchev–Trinajstić information content (AvgIpc) is 2.45. The van der Waals surface area contributed by atoms with E-state index in [0.717, 1.165) is 37.7 Å². The maximum Gasteiger partial charge on any atom is 0.224 e. The molecule has 0 atom stereocenters. The zero-order valence-corrected chi connectivity index (χ0v) is 13.8. The Bertz CT molecular complexity index is 464. The molecule has 21 heavy (non-hydrogen) atoms. The van der Waals surface area contributed by atoms with Gasteiger partial charge in [-0.05, 0) is 27.8 Å². The quantitative estimate of drug-likeness (QED) is 0.910. The first-order chi connectivity index (χ1) is 9.87. The molecule has 1 aliphatic rings. The molecule has 6 heteroatoms. The van der Waals surface area contributed by atoms with Crippen LogP contribution in [0.1, 0.15) is 26.5 Å². The van der Waals surface area contributed by atoms with E-state index in [9.17, 15) is 0 Å². The van der Waals surface area contributed by atoms with Gasteiger partial charge in [-0.1, -0.05) is 0 Å². The van der Waals surface area contributed by atoms with Crippen molar-refractivity contribution in [3.63, 3.8) is 0 Å². The highest BCUT2D eigenvalue weighted by atomic mass is 16.5. The van der Waals surface area contributed by atoms with Crippen molar-refractivity contribution in [2.45, 2.75) is 33.0 Å². The van der Waals surface area contributed by atoms with Crippen molar-refractivity contribution < 1.29 is 4.74 Å². The van der Waals surface area contributed by atoms with Crippen molar-refractivity contribution in [1.29, 1.82) is 0 Å². The largest absolute Gasteiger partial charge is 0.370 e. The Morgan fingerprint density at radius 1 is 1.19 bits per heavy atom. The minimum absolute atomic E-state index is 0.168. The number of hydrogen-bond acceptors (Lipinski definition) is 6. The van der Waals surface area contributed by atoms with Crippen LogP contribution >= 0.6 is 0 Å². The van der Waals surface area contributed by atoms with Crippen LogP contribution in [0.5, 0.6) is 0 Å². The highest BCUT2D eigenvalue weighted by Crippen LogP contribution is 2.19. The highest BCUT2D eigenvalue weighted by Gasteiger charge is 2.18. The summed E-state index contributed by atoms with van der Waals surface area (Å²) in [5, 5.41) is 3.04. The molecule has 0 amide bonds. The summed E-state index contributed by atoms with van der Waals surface area (Å²) in [7, 11) is 4.00. The van der Waals surface area contributed by atoms with Gasteiger partial charge in [0.15, 0.2) is 0 Å². The second-order valence-corrected chi connectivity index (χ2v) is 6.48. The van der Waals surface area contributed by atoms with E-state index < -0.39 is 0 Å². The van der Waals surface area contributed by atoms with E-state index in [-0.39, 0.29) is 5.60 Å². The molecule has 1 fully saturated rings. The molecule has 1 N–H and O–H groups in total. The summed E-state index contributed by atoms with van der Waals surface area (Å²) in [4.78, 5) is 13.7. The first-order valence-electron chi connectivity index (χ1n) is 7.50. The fourth-order valence-electron chi connectivity index (χ4n) is 2.16. The lowest BCUT2D eigenvalue weighted by Gasteiger charge is -2.33. The van der Waals surface area contributed by atoms with Crippen LogP contribution in [-0.2, 0) is 11.3 Å². The molecule has 118 valence electrons. The van der Waals surface area contributed by atoms with Gasteiger partial charge in [-0.15, -0.1) is 0 Å². The van der Waals surface area contributed by atoms with E-state index in [1.807, 2.05) is 13.1 Å². The molecule has 0 radical (unpaired) electrons. The van der Waals surface area contributed by atoms with E-state index in [2.05, 4.69) is 52.9 Å². The first-order valence-corrected chi connectivity index (χ1v) is 7.50. The van der Waals surface area contributed by atoms with Crippen LogP contribution in [0.2, 0.25) is 0 Å². The molecule has 0 spiro atoms. The molecule has 2 rings (SSSR count). The van der Waals surface area contributed by atoms with Crippen LogP contribution in [0.25, 0.3) is 0 Å². The molecule has 0 aliphatic carbocycles. The van der Waals surface area contributed by atoms with Crippen molar-refractivity contribution in [3.05, 3.63) is 11.8 Å². The summed E-state index contributed by atoms with van der Waals surface area (Å²) in [6.45, 7) is 10.8. The normalized spacial score (nSPS) is 17.1. The van der Waals surface area contributed by atoms with E-state index in [0.29, 0.717) is 12.6 Å². The second kappa shape index (κ2) is 6.58. The molecule has 0 unspecified atom stereocenters. The highest BCUT2D eigenvalue weighted by molar-refractivity contribution is 5.45. The zero-order valence-electron chi connectivity index (χ0n) is 13.8. The lowest BCUT2D eigenvalue weighted by atomic mass is 10.2. The number of nitrogens with zero attached hydrogens (tertiary/aromatic N) is 4. The summed E-state index contributed by atoms with van der Waals surface area (Å²) in [6.07, 6.45) is 0. The smallest absolute Gasteiger partial charge is 0.224 e. The number of nitrogens with one attached hydrogen (secondary N) is 1. The standard InChI is InChI=1S/C15H27N5O/c1-15(2,3)21-11-12-10-13(18-14(16-4)17-12)20-8-6-19(5)7-9-20/h10H,6-9,11H2,1-5H3,(H,16,17,18). The molecular weight excluding hydrogens is 266 g/mol. The average molecular weight is 293 g/mol. The van der Waals surface area contributed by atoms with Gasteiger partial charge in [0.2, 0.25) is 5.95 Å². The molecular formula is C15H27N5O. The van der Waals surface area contributed by atoms with E-state index in [4.69, 9.17) is 4.74 Å². The number of rotatable bonds is 4. The predicted octanol–water partition coefficient (Wildman–Crippen LogP) is 1.59. The van der Waals surface area contributed by atoms with Crippen LogP contribution in [0, 0.1) is 0 Å². The molecule has 0 saturated carbocycles. The van der Waals surface area contributed by atoms with Crippen molar-refractivity contribution in [1.82, 2.24) is 14.9 Å². The van der Waals surface area contributed by atoms with Gasteiger partial charge in [-0.25, -0.2) is 4.98 Å². The molecule has 0 aromatic carbocycles. The summed E-state index contributed by atoms with van der Waals surface area (Å²) >= 11 is 0. The minimum Gasteiger partial charge on any atom is -0.370 e. The summed E-state index contributed by atoms with van der Waals surface area (Å²) in [6, 6.07) is 2.04. The molecule has 1 aromatic heterocycles. The third-order valence-electron chi connectivity index (χ3n) is 3.47. The van der Waals surface area contributed by atoms with Crippen molar-refractivity contribution in [3.8, 4) is 0 Å². The fraction of sp³-hybridized carbons (Fsp3) is 0.733. The SMILES string of the molecule is CNc1nc(COC(C)(C)C)cc(N2CCN(C)CC2)n1. The second-order valence-electron chi connectivity index (χ2n) is 6.48. The number of aromatic nitrogens is 2. The van der Waals surface area contributed by atoms with E-state index >= 15 is 0 Å².